The average molecular weight is 224 g/mol. The van der Waals surface area contributed by atoms with Crippen LogP contribution in [0.4, 0.5) is 11.8 Å². The molecular formula is C11H20N4O. The topological polar surface area (TPSA) is 75.0 Å². The number of rotatable bonds is 4. The molecular weight excluding hydrogens is 204 g/mol. The standard InChI is InChI=1S/C11H20N4O/c1-5-15(6-2)11-13-9(12)8(7(3)4)10(16)14-11/h7H,5-6H2,1-4H3,(H3,12,13,14,16). The van der Waals surface area contributed by atoms with Crippen molar-refractivity contribution in [2.75, 3.05) is 23.7 Å². The second kappa shape index (κ2) is 5.01. The van der Waals surface area contributed by atoms with Crippen LogP contribution < -0.4 is 16.2 Å². The number of nitrogens with one attached hydrogen (secondary N) is 1. The van der Waals surface area contributed by atoms with Gasteiger partial charge in [-0.25, -0.2) is 0 Å². The molecule has 90 valence electrons. The first-order valence-electron chi connectivity index (χ1n) is 5.65. The molecule has 0 unspecified atom stereocenters. The monoisotopic (exact) mass is 224 g/mol. The van der Waals surface area contributed by atoms with Crippen molar-refractivity contribution in [1.82, 2.24) is 9.97 Å². The first-order valence-corrected chi connectivity index (χ1v) is 5.65. The molecule has 0 atom stereocenters. The molecule has 3 N–H and O–H groups in total. The van der Waals surface area contributed by atoms with E-state index in [0.29, 0.717) is 17.3 Å². The Labute approximate surface area is 95.7 Å². The third-order valence-corrected chi connectivity index (χ3v) is 2.61. The van der Waals surface area contributed by atoms with Gasteiger partial charge in [0, 0.05) is 13.1 Å². The van der Waals surface area contributed by atoms with Crippen LogP contribution in [0, 0.1) is 0 Å². The zero-order chi connectivity index (χ0) is 12.3. The van der Waals surface area contributed by atoms with Gasteiger partial charge in [0.05, 0.1) is 5.56 Å². The molecule has 0 saturated heterocycles. The lowest BCUT2D eigenvalue weighted by atomic mass is 10.1. The average Bonchev–Trinajstić information content (AvgIpc) is 2.17. The molecule has 1 aromatic heterocycles. The van der Waals surface area contributed by atoms with Gasteiger partial charge in [-0.1, -0.05) is 13.8 Å². The van der Waals surface area contributed by atoms with Gasteiger partial charge in [-0.15, -0.1) is 0 Å². The molecule has 0 aromatic carbocycles. The summed E-state index contributed by atoms with van der Waals surface area (Å²) in [4.78, 5) is 20.8. The number of aromatic nitrogens is 2. The second-order valence-electron chi connectivity index (χ2n) is 4.02. The number of anilines is 2. The summed E-state index contributed by atoms with van der Waals surface area (Å²) >= 11 is 0. The van der Waals surface area contributed by atoms with E-state index >= 15 is 0 Å². The molecule has 0 radical (unpaired) electrons. The van der Waals surface area contributed by atoms with E-state index in [0.717, 1.165) is 13.1 Å². The highest BCUT2D eigenvalue weighted by Gasteiger charge is 2.14. The van der Waals surface area contributed by atoms with E-state index in [4.69, 9.17) is 5.73 Å². The van der Waals surface area contributed by atoms with E-state index in [9.17, 15) is 4.79 Å². The summed E-state index contributed by atoms with van der Waals surface area (Å²) in [6.45, 7) is 9.46. The molecule has 0 amide bonds. The normalized spacial score (nSPS) is 10.8. The van der Waals surface area contributed by atoms with Crippen molar-refractivity contribution in [3.8, 4) is 0 Å². The van der Waals surface area contributed by atoms with Gasteiger partial charge in [0.15, 0.2) is 0 Å². The predicted molar refractivity (Wildman–Crippen MR) is 66.9 cm³/mol. The Morgan fingerprint density at radius 3 is 2.31 bits per heavy atom. The van der Waals surface area contributed by atoms with Crippen LogP contribution in [0.1, 0.15) is 39.2 Å². The molecule has 16 heavy (non-hydrogen) atoms. The fourth-order valence-corrected chi connectivity index (χ4v) is 1.72. The van der Waals surface area contributed by atoms with E-state index in [-0.39, 0.29) is 11.5 Å². The fraction of sp³-hybridized carbons (Fsp3) is 0.636. The van der Waals surface area contributed by atoms with Crippen LogP contribution in [0.3, 0.4) is 0 Å². The minimum Gasteiger partial charge on any atom is -0.383 e. The summed E-state index contributed by atoms with van der Waals surface area (Å²) in [6, 6.07) is 0. The third-order valence-electron chi connectivity index (χ3n) is 2.61. The smallest absolute Gasteiger partial charge is 0.257 e. The SMILES string of the molecule is CCN(CC)c1nc(N)c(C(C)C)c(=O)[nH]1. The first-order chi connectivity index (χ1) is 7.51. The van der Waals surface area contributed by atoms with Gasteiger partial charge >= 0.3 is 0 Å². The number of H-pyrrole nitrogens is 1. The minimum absolute atomic E-state index is 0.0852. The van der Waals surface area contributed by atoms with Crippen LogP contribution in [0.15, 0.2) is 4.79 Å². The van der Waals surface area contributed by atoms with Crippen LogP contribution in [0.25, 0.3) is 0 Å². The highest BCUT2D eigenvalue weighted by atomic mass is 16.1. The van der Waals surface area contributed by atoms with Crippen LogP contribution >= 0.6 is 0 Å². The predicted octanol–water partition coefficient (Wildman–Crippen LogP) is 1.32. The van der Waals surface area contributed by atoms with Crippen molar-refractivity contribution in [3.05, 3.63) is 15.9 Å². The van der Waals surface area contributed by atoms with Crippen LogP contribution in [-0.4, -0.2) is 23.1 Å². The van der Waals surface area contributed by atoms with Crippen molar-refractivity contribution >= 4 is 11.8 Å². The van der Waals surface area contributed by atoms with Crippen molar-refractivity contribution in [2.24, 2.45) is 0 Å². The van der Waals surface area contributed by atoms with Gasteiger partial charge in [-0.2, -0.15) is 4.98 Å². The van der Waals surface area contributed by atoms with Crippen molar-refractivity contribution in [3.63, 3.8) is 0 Å². The maximum Gasteiger partial charge on any atom is 0.257 e. The van der Waals surface area contributed by atoms with Crippen LogP contribution in [0.2, 0.25) is 0 Å². The second-order valence-corrected chi connectivity index (χ2v) is 4.02. The van der Waals surface area contributed by atoms with E-state index in [2.05, 4.69) is 9.97 Å². The number of hydrogen-bond donors (Lipinski definition) is 2. The Hall–Kier alpha value is -1.52. The molecule has 0 bridgehead atoms. The number of aromatic amines is 1. The molecule has 0 aliphatic rings. The molecule has 5 nitrogen and oxygen atoms in total. The molecule has 0 saturated carbocycles. The number of nitrogen functional groups attached to an aromatic ring is 1. The zero-order valence-electron chi connectivity index (χ0n) is 10.4. The summed E-state index contributed by atoms with van der Waals surface area (Å²) in [6.07, 6.45) is 0. The highest BCUT2D eigenvalue weighted by molar-refractivity contribution is 5.45. The van der Waals surface area contributed by atoms with Crippen molar-refractivity contribution < 1.29 is 0 Å². The molecule has 0 aliphatic heterocycles. The first kappa shape index (κ1) is 12.5. The van der Waals surface area contributed by atoms with E-state index in [1.54, 1.807) is 0 Å². The van der Waals surface area contributed by atoms with Crippen LogP contribution in [-0.2, 0) is 0 Å². The zero-order valence-corrected chi connectivity index (χ0v) is 10.4. The molecule has 1 aromatic rings. The van der Waals surface area contributed by atoms with E-state index in [1.807, 2.05) is 32.6 Å². The summed E-state index contributed by atoms with van der Waals surface area (Å²) in [7, 11) is 0. The number of hydrogen-bond acceptors (Lipinski definition) is 4. The Kier molecular flexibility index (Phi) is 3.93. The highest BCUT2D eigenvalue weighted by Crippen LogP contribution is 2.17. The molecule has 0 fully saturated rings. The molecule has 0 spiro atoms. The minimum atomic E-state index is -0.135. The largest absolute Gasteiger partial charge is 0.383 e. The molecule has 5 heteroatoms. The Morgan fingerprint density at radius 2 is 1.94 bits per heavy atom. The number of nitrogens with two attached hydrogens (primary N) is 1. The van der Waals surface area contributed by atoms with Gasteiger partial charge in [0.2, 0.25) is 5.95 Å². The Morgan fingerprint density at radius 1 is 1.38 bits per heavy atom. The quantitative estimate of drug-likeness (QED) is 0.809. The van der Waals surface area contributed by atoms with E-state index in [1.165, 1.54) is 0 Å². The van der Waals surface area contributed by atoms with Crippen molar-refractivity contribution in [2.45, 2.75) is 33.6 Å². The van der Waals surface area contributed by atoms with Crippen LogP contribution in [0.5, 0.6) is 0 Å². The molecule has 1 heterocycles. The summed E-state index contributed by atoms with van der Waals surface area (Å²) in [5.41, 5.74) is 6.24. The lowest BCUT2D eigenvalue weighted by molar-refractivity contribution is 0.792. The summed E-state index contributed by atoms with van der Waals surface area (Å²) < 4.78 is 0. The van der Waals surface area contributed by atoms with Gasteiger partial charge in [-0.05, 0) is 19.8 Å². The van der Waals surface area contributed by atoms with Gasteiger partial charge in [-0.3, -0.25) is 9.78 Å². The van der Waals surface area contributed by atoms with E-state index < -0.39 is 0 Å². The van der Waals surface area contributed by atoms with Gasteiger partial charge < -0.3 is 10.6 Å². The molecule has 1 rings (SSSR count). The summed E-state index contributed by atoms with van der Waals surface area (Å²) in [5, 5.41) is 0. The molecule has 0 aliphatic carbocycles. The maximum atomic E-state index is 11.8. The lowest BCUT2D eigenvalue weighted by Gasteiger charge is -2.20. The van der Waals surface area contributed by atoms with Crippen molar-refractivity contribution in [1.29, 1.82) is 0 Å². The summed E-state index contributed by atoms with van der Waals surface area (Å²) in [5.74, 6) is 0.972. The maximum absolute atomic E-state index is 11.8. The third kappa shape index (κ3) is 2.35. The lowest BCUT2D eigenvalue weighted by Crippen LogP contribution is -2.29. The van der Waals surface area contributed by atoms with Gasteiger partial charge in [0.1, 0.15) is 5.82 Å². The fourth-order valence-electron chi connectivity index (χ4n) is 1.72. The number of nitrogens with zero attached hydrogens (tertiary/aromatic N) is 2. The Bertz CT molecular complexity index is 407. The Balaban J connectivity index is 3.24. The van der Waals surface area contributed by atoms with Gasteiger partial charge in [0.25, 0.3) is 5.56 Å².